The third-order valence-corrected chi connectivity index (χ3v) is 3.16. The molecule has 1 fully saturated rings. The quantitative estimate of drug-likeness (QED) is 0.761. The Morgan fingerprint density at radius 1 is 1.56 bits per heavy atom. The van der Waals surface area contributed by atoms with Crippen LogP contribution in [0, 0.1) is 11.7 Å². The summed E-state index contributed by atoms with van der Waals surface area (Å²) in [6.07, 6.45) is 1.87. The number of carbonyl (C=O) groups is 1. The Bertz CT molecular complexity index is 415. The van der Waals surface area contributed by atoms with Crippen molar-refractivity contribution in [1.29, 1.82) is 0 Å². The van der Waals surface area contributed by atoms with Crippen molar-refractivity contribution in [3.05, 3.63) is 34.6 Å². The van der Waals surface area contributed by atoms with E-state index < -0.39 is 11.7 Å². The van der Waals surface area contributed by atoms with Crippen molar-refractivity contribution < 1.29 is 13.9 Å². The lowest BCUT2D eigenvalue weighted by Gasteiger charge is -2.15. The maximum Gasteiger partial charge on any atom is 0.313 e. The van der Waals surface area contributed by atoms with Gasteiger partial charge in [0.1, 0.15) is 5.82 Å². The molecule has 1 aliphatic carbocycles. The molecule has 0 radical (unpaired) electrons. The van der Waals surface area contributed by atoms with Gasteiger partial charge in [-0.2, -0.15) is 0 Å². The Morgan fingerprint density at radius 2 is 2.25 bits per heavy atom. The minimum Gasteiger partial charge on any atom is -0.469 e. The minimum atomic E-state index is -0.510. The molecule has 1 aromatic rings. The van der Waals surface area contributed by atoms with Crippen LogP contribution in [0.25, 0.3) is 0 Å². The van der Waals surface area contributed by atoms with E-state index in [4.69, 9.17) is 16.3 Å². The van der Waals surface area contributed by atoms with Crippen molar-refractivity contribution in [3.8, 4) is 0 Å². The van der Waals surface area contributed by atoms with Gasteiger partial charge in [0.25, 0.3) is 0 Å². The molecule has 0 bridgehead atoms. The third-order valence-electron chi connectivity index (χ3n) is 2.87. The van der Waals surface area contributed by atoms with Crippen LogP contribution in [0.15, 0.2) is 18.2 Å². The molecule has 1 atom stereocenters. The summed E-state index contributed by atoms with van der Waals surface area (Å²) in [4.78, 5) is 11.6. The maximum absolute atomic E-state index is 13.8. The summed E-state index contributed by atoms with van der Waals surface area (Å²) in [5.74, 6) is -1.21. The second kappa shape index (κ2) is 4.42. The maximum atomic E-state index is 13.8. The van der Waals surface area contributed by atoms with E-state index in [1.54, 1.807) is 12.1 Å². The van der Waals surface area contributed by atoms with Crippen LogP contribution in [0.4, 0.5) is 4.39 Å². The molecule has 0 aromatic heterocycles. The highest BCUT2D eigenvalue weighted by molar-refractivity contribution is 6.30. The zero-order valence-electron chi connectivity index (χ0n) is 8.87. The fraction of sp³-hybridized carbons (Fsp3) is 0.417. The summed E-state index contributed by atoms with van der Waals surface area (Å²) >= 11 is 5.70. The lowest BCUT2D eigenvalue weighted by Crippen LogP contribution is -2.17. The number of carbonyl (C=O) groups excluding carboxylic acids is 1. The van der Waals surface area contributed by atoms with E-state index in [9.17, 15) is 9.18 Å². The first kappa shape index (κ1) is 11.4. The Kier molecular flexibility index (Phi) is 3.15. The topological polar surface area (TPSA) is 26.3 Å². The van der Waals surface area contributed by atoms with Gasteiger partial charge in [-0.3, -0.25) is 4.79 Å². The second-order valence-electron chi connectivity index (χ2n) is 3.98. The zero-order chi connectivity index (χ0) is 11.7. The van der Waals surface area contributed by atoms with Gasteiger partial charge >= 0.3 is 5.97 Å². The number of benzene rings is 1. The van der Waals surface area contributed by atoms with Crippen LogP contribution in [0.3, 0.4) is 0 Å². The fourth-order valence-corrected chi connectivity index (χ4v) is 2.07. The summed E-state index contributed by atoms with van der Waals surface area (Å²) in [7, 11) is 1.32. The first-order valence-corrected chi connectivity index (χ1v) is 5.54. The van der Waals surface area contributed by atoms with Gasteiger partial charge in [-0.05, 0) is 24.8 Å². The molecule has 0 N–H and O–H groups in total. The molecule has 1 aliphatic rings. The summed E-state index contributed by atoms with van der Waals surface area (Å²) in [6, 6.07) is 4.72. The average molecular weight is 243 g/mol. The molecule has 0 aliphatic heterocycles. The molecule has 2 nitrogen and oxygen atoms in total. The Morgan fingerprint density at radius 3 is 2.81 bits per heavy atom. The van der Waals surface area contributed by atoms with Crippen molar-refractivity contribution in [3.63, 3.8) is 0 Å². The monoisotopic (exact) mass is 242 g/mol. The van der Waals surface area contributed by atoms with Crippen LogP contribution in [0.5, 0.6) is 0 Å². The SMILES string of the molecule is COC(=O)C(c1cccc(Cl)c1F)C1CC1. The number of hydrogen-bond donors (Lipinski definition) is 0. The molecule has 2 rings (SSSR count). The lowest BCUT2D eigenvalue weighted by molar-refractivity contribution is -0.143. The molecule has 4 heteroatoms. The van der Waals surface area contributed by atoms with E-state index in [1.807, 2.05) is 0 Å². The molecular formula is C12H12ClFO2. The van der Waals surface area contributed by atoms with Gasteiger partial charge < -0.3 is 4.74 Å². The number of hydrogen-bond acceptors (Lipinski definition) is 2. The Labute approximate surface area is 98.4 Å². The van der Waals surface area contributed by atoms with Crippen molar-refractivity contribution >= 4 is 17.6 Å². The van der Waals surface area contributed by atoms with E-state index in [1.165, 1.54) is 13.2 Å². The van der Waals surface area contributed by atoms with Gasteiger partial charge in [0.2, 0.25) is 0 Å². The van der Waals surface area contributed by atoms with Gasteiger partial charge in [-0.25, -0.2) is 4.39 Å². The largest absolute Gasteiger partial charge is 0.469 e. The van der Waals surface area contributed by atoms with Gasteiger partial charge in [0.15, 0.2) is 0 Å². The normalized spacial score (nSPS) is 16.9. The predicted molar refractivity (Wildman–Crippen MR) is 58.9 cm³/mol. The molecule has 0 amide bonds. The van der Waals surface area contributed by atoms with Gasteiger partial charge in [-0.15, -0.1) is 0 Å². The van der Waals surface area contributed by atoms with Gasteiger partial charge in [-0.1, -0.05) is 23.7 Å². The van der Waals surface area contributed by atoms with Crippen molar-refractivity contribution in [2.45, 2.75) is 18.8 Å². The smallest absolute Gasteiger partial charge is 0.313 e. The van der Waals surface area contributed by atoms with Crippen LogP contribution in [0.2, 0.25) is 5.02 Å². The van der Waals surface area contributed by atoms with Crippen molar-refractivity contribution in [1.82, 2.24) is 0 Å². The number of methoxy groups -OCH3 is 1. The number of ether oxygens (including phenoxy) is 1. The lowest BCUT2D eigenvalue weighted by atomic mass is 9.94. The minimum absolute atomic E-state index is 0.0482. The summed E-state index contributed by atoms with van der Waals surface area (Å²) in [6.45, 7) is 0. The summed E-state index contributed by atoms with van der Waals surface area (Å²) < 4.78 is 18.5. The van der Waals surface area contributed by atoms with Crippen LogP contribution >= 0.6 is 11.6 Å². The molecule has 1 unspecified atom stereocenters. The molecule has 86 valence electrons. The molecule has 0 spiro atoms. The van der Waals surface area contributed by atoms with E-state index in [0.717, 1.165) is 12.8 Å². The van der Waals surface area contributed by atoms with E-state index in [-0.39, 0.29) is 16.9 Å². The Balaban J connectivity index is 2.38. The first-order valence-electron chi connectivity index (χ1n) is 5.17. The van der Waals surface area contributed by atoms with Crippen LogP contribution in [-0.2, 0) is 9.53 Å². The Hall–Kier alpha value is -1.09. The molecule has 1 aromatic carbocycles. The number of esters is 1. The van der Waals surface area contributed by atoms with Crippen molar-refractivity contribution in [2.24, 2.45) is 5.92 Å². The summed E-state index contributed by atoms with van der Waals surface area (Å²) in [5.41, 5.74) is 0.349. The van der Waals surface area contributed by atoms with Gasteiger partial charge in [0, 0.05) is 5.56 Å². The molecule has 0 saturated heterocycles. The van der Waals surface area contributed by atoms with Crippen molar-refractivity contribution in [2.75, 3.05) is 7.11 Å². The van der Waals surface area contributed by atoms with Gasteiger partial charge in [0.05, 0.1) is 18.1 Å². The van der Waals surface area contributed by atoms with E-state index in [0.29, 0.717) is 5.56 Å². The standard InChI is InChI=1S/C12H12ClFO2/c1-16-12(15)10(7-5-6-7)8-3-2-4-9(13)11(8)14/h2-4,7,10H,5-6H2,1H3. The predicted octanol–water partition coefficient (Wildman–Crippen LogP) is 3.15. The van der Waals surface area contributed by atoms with E-state index in [2.05, 4.69) is 0 Å². The number of rotatable bonds is 3. The summed E-state index contributed by atoms with van der Waals surface area (Å²) in [5, 5.41) is 0.0482. The molecule has 16 heavy (non-hydrogen) atoms. The third kappa shape index (κ3) is 2.05. The average Bonchev–Trinajstić information content (AvgIpc) is 3.08. The molecule has 1 saturated carbocycles. The highest BCUT2D eigenvalue weighted by Gasteiger charge is 2.39. The zero-order valence-corrected chi connectivity index (χ0v) is 9.63. The van der Waals surface area contributed by atoms with E-state index >= 15 is 0 Å². The molecular weight excluding hydrogens is 231 g/mol. The molecule has 0 heterocycles. The van der Waals surface area contributed by atoms with Crippen LogP contribution in [0.1, 0.15) is 24.3 Å². The number of halogens is 2. The van der Waals surface area contributed by atoms with Crippen LogP contribution < -0.4 is 0 Å². The highest BCUT2D eigenvalue weighted by atomic mass is 35.5. The fourth-order valence-electron chi connectivity index (χ4n) is 1.89. The van der Waals surface area contributed by atoms with Crippen LogP contribution in [-0.4, -0.2) is 13.1 Å². The first-order chi connectivity index (χ1) is 7.65. The second-order valence-corrected chi connectivity index (χ2v) is 4.39. The highest BCUT2D eigenvalue weighted by Crippen LogP contribution is 2.44.